The van der Waals surface area contributed by atoms with Gasteiger partial charge >= 0.3 is 0 Å². The maximum absolute atomic E-state index is 12.9. The lowest BCUT2D eigenvalue weighted by Crippen LogP contribution is -2.42. The summed E-state index contributed by atoms with van der Waals surface area (Å²) < 4.78 is 5.94. The minimum absolute atomic E-state index is 0.245. The van der Waals surface area contributed by atoms with E-state index in [0.29, 0.717) is 36.1 Å². The van der Waals surface area contributed by atoms with Crippen LogP contribution < -0.4 is 0 Å². The molecule has 11 heteroatoms. The maximum Gasteiger partial charge on any atom is 0.291 e. The third-order valence-corrected chi connectivity index (χ3v) is 8.72. The fourth-order valence-corrected chi connectivity index (χ4v) is 5.66. The zero-order valence-electron chi connectivity index (χ0n) is 20.0. The Bertz CT molecular complexity index is 872. The molecule has 0 radical (unpaired) electrons. The number of ketones is 2. The first-order valence-electron chi connectivity index (χ1n) is 11.1. The Labute approximate surface area is 202 Å². The molecule has 0 saturated carbocycles. The molecule has 2 saturated heterocycles. The van der Waals surface area contributed by atoms with Crippen LogP contribution in [0.3, 0.4) is 0 Å². The Balaban J connectivity index is 1.78. The average molecular weight is 497 g/mol. The van der Waals surface area contributed by atoms with Gasteiger partial charge < -0.3 is 14.2 Å². The van der Waals surface area contributed by atoms with Gasteiger partial charge in [0.25, 0.3) is 11.8 Å². The van der Waals surface area contributed by atoms with Gasteiger partial charge in [0.05, 0.1) is 11.8 Å². The smallest absolute Gasteiger partial charge is 0.291 e. The highest BCUT2D eigenvalue weighted by Crippen LogP contribution is 2.38. The number of carbonyl (C=O) groups is 4. The third-order valence-electron chi connectivity index (χ3n) is 6.70. The van der Waals surface area contributed by atoms with Crippen molar-refractivity contribution in [1.29, 1.82) is 0 Å². The molecule has 9 nitrogen and oxygen atoms in total. The Kier molecular flexibility index (Phi) is 7.62. The molecule has 1 aromatic heterocycles. The van der Waals surface area contributed by atoms with Crippen LogP contribution in [0.15, 0.2) is 4.42 Å². The Morgan fingerprint density at radius 3 is 1.52 bits per heavy atom. The van der Waals surface area contributed by atoms with Gasteiger partial charge in [0.15, 0.2) is 0 Å². The molecular formula is C22H32N4O5S2. The maximum atomic E-state index is 12.9. The summed E-state index contributed by atoms with van der Waals surface area (Å²) in [6, 6.07) is -1.00. The van der Waals surface area contributed by atoms with E-state index in [1.54, 1.807) is 27.7 Å². The number of aromatic nitrogens is 2. The average Bonchev–Trinajstić information content (AvgIpc) is 3.55. The van der Waals surface area contributed by atoms with E-state index < -0.39 is 46.3 Å². The first-order chi connectivity index (χ1) is 15.4. The molecule has 0 spiro atoms. The summed E-state index contributed by atoms with van der Waals surface area (Å²) in [5, 5.41) is 8.31. The van der Waals surface area contributed by atoms with Gasteiger partial charge in [0, 0.05) is 22.3 Å². The molecule has 3 heterocycles. The van der Waals surface area contributed by atoms with Crippen LogP contribution in [0.4, 0.5) is 0 Å². The molecule has 0 N–H and O–H groups in total. The highest BCUT2D eigenvalue weighted by atomic mass is 32.2. The minimum atomic E-state index is -0.740. The lowest BCUT2D eigenvalue weighted by atomic mass is 9.84. The highest BCUT2D eigenvalue weighted by Gasteiger charge is 2.44. The van der Waals surface area contributed by atoms with Crippen LogP contribution in [-0.4, -0.2) is 66.6 Å². The minimum Gasteiger partial charge on any atom is -0.421 e. The van der Waals surface area contributed by atoms with Gasteiger partial charge in [-0.15, -0.1) is 33.7 Å². The lowest BCUT2D eigenvalue weighted by Gasteiger charge is -2.26. The van der Waals surface area contributed by atoms with E-state index >= 15 is 0 Å². The van der Waals surface area contributed by atoms with Crippen molar-refractivity contribution in [2.45, 2.75) is 66.5 Å². The van der Waals surface area contributed by atoms with E-state index in [2.05, 4.69) is 10.2 Å². The summed E-state index contributed by atoms with van der Waals surface area (Å²) in [5.74, 6) is 0.363. The molecule has 2 aliphatic heterocycles. The predicted octanol–water partition coefficient (Wildman–Crippen LogP) is 3.23. The second kappa shape index (κ2) is 9.77. The molecule has 0 bridgehead atoms. The zero-order chi connectivity index (χ0) is 24.6. The highest BCUT2D eigenvalue weighted by molar-refractivity contribution is 7.99. The van der Waals surface area contributed by atoms with Crippen molar-refractivity contribution in [1.82, 2.24) is 20.0 Å². The van der Waals surface area contributed by atoms with Crippen molar-refractivity contribution in [3.05, 3.63) is 11.8 Å². The van der Waals surface area contributed by atoms with Gasteiger partial charge in [-0.3, -0.25) is 19.2 Å². The Morgan fingerprint density at radius 1 is 0.818 bits per heavy atom. The molecule has 33 heavy (non-hydrogen) atoms. The first kappa shape index (κ1) is 25.7. The fraction of sp³-hybridized carbons (Fsp3) is 0.727. The summed E-state index contributed by atoms with van der Waals surface area (Å²) in [6.07, 6.45) is 1.12. The van der Waals surface area contributed by atoms with Crippen molar-refractivity contribution < 1.29 is 23.6 Å². The van der Waals surface area contributed by atoms with E-state index in [0.717, 1.165) is 0 Å². The molecule has 182 valence electrons. The quantitative estimate of drug-likeness (QED) is 0.500. The molecule has 0 aromatic carbocycles. The van der Waals surface area contributed by atoms with Crippen LogP contribution >= 0.6 is 23.5 Å². The topological polar surface area (TPSA) is 114 Å². The van der Waals surface area contributed by atoms with Gasteiger partial charge in [0.2, 0.25) is 23.3 Å². The number of hydrogen-bond acceptors (Lipinski definition) is 9. The number of thioether (sulfide) groups is 2. The number of hydrogen-bond donors (Lipinski definition) is 0. The predicted molar refractivity (Wildman–Crippen MR) is 126 cm³/mol. The summed E-state index contributed by atoms with van der Waals surface area (Å²) in [4.78, 5) is 54.2. The summed E-state index contributed by atoms with van der Waals surface area (Å²) in [5.41, 5.74) is -1.48. The number of rotatable bonds is 8. The molecule has 3 rings (SSSR count). The molecule has 2 amide bonds. The van der Waals surface area contributed by atoms with Crippen LogP contribution in [0.2, 0.25) is 0 Å². The van der Waals surface area contributed by atoms with Crippen LogP contribution in [0.25, 0.3) is 0 Å². The molecular weight excluding hydrogens is 464 g/mol. The van der Waals surface area contributed by atoms with E-state index in [9.17, 15) is 19.2 Å². The second-order valence-corrected chi connectivity index (χ2v) is 11.7. The number of Topliss-reactive ketones (excluding diaryl/α,β-unsaturated/α-hetero) is 2. The van der Waals surface area contributed by atoms with Crippen LogP contribution in [0, 0.1) is 10.8 Å². The standard InChI is InChI=1S/C22H32N4O5S2/c1-7-21(3,4)15(27)19(29)25-11-32-9-13(25)17-23-24-18(31-17)14-10-33-12-26(14)20(30)16(28)22(5,6)8-2/h13-14H,7-12H2,1-6H3/t13-,14?/m0/s1. The number of carbonyl (C=O) groups excluding carboxylic acids is 4. The number of nitrogens with zero attached hydrogens (tertiary/aromatic N) is 4. The SMILES string of the molecule is CCC(C)(C)C(=O)C(=O)N1CSCC1c1nnc([C@@H]2CSCN2C(=O)C(=O)C(C)(C)CC)o1. The normalized spacial score (nSPS) is 21.5. The summed E-state index contributed by atoms with van der Waals surface area (Å²) >= 11 is 3.03. The van der Waals surface area contributed by atoms with Crippen molar-refractivity contribution >= 4 is 46.9 Å². The fourth-order valence-electron chi connectivity index (χ4n) is 3.37. The molecule has 2 aliphatic rings. The number of amides is 2. The Morgan fingerprint density at radius 2 is 1.18 bits per heavy atom. The van der Waals surface area contributed by atoms with E-state index in [1.165, 1.54) is 33.3 Å². The van der Waals surface area contributed by atoms with E-state index in [4.69, 9.17) is 4.42 Å². The second-order valence-electron chi connectivity index (χ2n) is 9.69. The monoisotopic (exact) mass is 496 g/mol. The molecule has 1 aromatic rings. The van der Waals surface area contributed by atoms with Crippen molar-refractivity contribution in [2.75, 3.05) is 23.3 Å². The van der Waals surface area contributed by atoms with Crippen LogP contribution in [-0.2, 0) is 19.2 Å². The van der Waals surface area contributed by atoms with Crippen LogP contribution in [0.1, 0.15) is 78.2 Å². The van der Waals surface area contributed by atoms with Gasteiger partial charge in [-0.25, -0.2) is 0 Å². The van der Waals surface area contributed by atoms with Crippen molar-refractivity contribution in [2.24, 2.45) is 10.8 Å². The molecule has 2 fully saturated rings. The van der Waals surface area contributed by atoms with Gasteiger partial charge in [0.1, 0.15) is 12.1 Å². The molecule has 1 unspecified atom stereocenters. The van der Waals surface area contributed by atoms with Gasteiger partial charge in [-0.2, -0.15) is 0 Å². The van der Waals surface area contributed by atoms with Crippen molar-refractivity contribution in [3.8, 4) is 0 Å². The molecule has 0 aliphatic carbocycles. The largest absolute Gasteiger partial charge is 0.421 e. The van der Waals surface area contributed by atoms with Crippen LogP contribution in [0.5, 0.6) is 0 Å². The third kappa shape index (κ3) is 4.99. The van der Waals surface area contributed by atoms with Crippen molar-refractivity contribution in [3.63, 3.8) is 0 Å². The zero-order valence-corrected chi connectivity index (χ0v) is 21.7. The van der Waals surface area contributed by atoms with Gasteiger partial charge in [-0.1, -0.05) is 41.5 Å². The van der Waals surface area contributed by atoms with E-state index in [-0.39, 0.29) is 11.8 Å². The summed E-state index contributed by atoms with van der Waals surface area (Å²) in [7, 11) is 0. The lowest BCUT2D eigenvalue weighted by molar-refractivity contribution is -0.150. The first-order valence-corrected chi connectivity index (χ1v) is 13.4. The Hall–Kier alpha value is -1.88. The van der Waals surface area contributed by atoms with E-state index in [1.807, 2.05) is 13.8 Å². The summed E-state index contributed by atoms with van der Waals surface area (Å²) in [6.45, 7) is 10.8. The molecule has 2 atom stereocenters. The van der Waals surface area contributed by atoms with Gasteiger partial charge in [-0.05, 0) is 12.8 Å².